The highest BCUT2D eigenvalue weighted by atomic mass is 16.5. The van der Waals surface area contributed by atoms with Crippen molar-refractivity contribution in [3.63, 3.8) is 0 Å². The minimum atomic E-state index is 0.800. The third-order valence-electron chi connectivity index (χ3n) is 4.18. The zero-order valence-corrected chi connectivity index (χ0v) is 18.1. The van der Waals surface area contributed by atoms with Gasteiger partial charge in [-0.2, -0.15) is 0 Å². The molecule has 2 heteroatoms. The zero-order chi connectivity index (χ0) is 19.6. The smallest absolute Gasteiger partial charge is 0.127 e. The van der Waals surface area contributed by atoms with Crippen LogP contribution in [0.15, 0.2) is 30.5 Å². The summed E-state index contributed by atoms with van der Waals surface area (Å²) >= 11 is 0. The Morgan fingerprint density at radius 3 is 2.00 bits per heavy atom. The Morgan fingerprint density at radius 1 is 0.769 bits per heavy atom. The lowest BCUT2D eigenvalue weighted by Crippen LogP contribution is -1.98. The number of fused-ring (bicyclic) bond motifs is 1. The lowest BCUT2D eigenvalue weighted by molar-refractivity contribution is 0.310. The Kier molecular flexibility index (Phi) is 15.9. The summed E-state index contributed by atoms with van der Waals surface area (Å²) in [6.45, 7) is 13.5. The van der Waals surface area contributed by atoms with E-state index in [4.69, 9.17) is 4.74 Å². The molecule has 0 amide bonds. The summed E-state index contributed by atoms with van der Waals surface area (Å²) in [4.78, 5) is 4.30. The highest BCUT2D eigenvalue weighted by Gasteiger charge is 2.03. The molecule has 1 aromatic carbocycles. The maximum Gasteiger partial charge on any atom is 0.127 e. The Labute approximate surface area is 162 Å². The molecule has 0 saturated carbocycles. The second-order valence-corrected chi connectivity index (χ2v) is 6.36. The molecule has 0 aliphatic rings. The van der Waals surface area contributed by atoms with E-state index in [2.05, 4.69) is 31.8 Å². The number of ether oxygens (including phenoxy) is 1. The first-order valence-corrected chi connectivity index (χ1v) is 10.7. The van der Waals surface area contributed by atoms with Crippen molar-refractivity contribution in [3.05, 3.63) is 36.2 Å². The van der Waals surface area contributed by atoms with Gasteiger partial charge in [-0.05, 0) is 25.5 Å². The number of unbranched alkanes of at least 4 members (excludes halogenated alkanes) is 6. The van der Waals surface area contributed by atoms with Crippen LogP contribution in [0.3, 0.4) is 0 Å². The first-order valence-electron chi connectivity index (χ1n) is 10.7. The van der Waals surface area contributed by atoms with Crippen LogP contribution in [0, 0.1) is 6.92 Å². The summed E-state index contributed by atoms with van der Waals surface area (Å²) in [5.41, 5.74) is 1.06. The molecular weight excluding hydrogens is 318 g/mol. The van der Waals surface area contributed by atoms with Gasteiger partial charge in [-0.3, -0.25) is 4.98 Å². The van der Waals surface area contributed by atoms with Crippen LogP contribution in [0.1, 0.15) is 91.7 Å². The van der Waals surface area contributed by atoms with Crippen molar-refractivity contribution in [2.45, 2.75) is 92.9 Å². The van der Waals surface area contributed by atoms with E-state index in [1.54, 1.807) is 0 Å². The molecule has 0 aliphatic heterocycles. The van der Waals surface area contributed by atoms with Gasteiger partial charge in [0, 0.05) is 22.7 Å². The quantitative estimate of drug-likeness (QED) is 0.422. The van der Waals surface area contributed by atoms with Crippen molar-refractivity contribution >= 4 is 10.8 Å². The molecule has 0 saturated heterocycles. The third kappa shape index (κ3) is 9.79. The fraction of sp³-hybridized carbons (Fsp3) is 0.625. The number of pyridine rings is 1. The van der Waals surface area contributed by atoms with Crippen LogP contribution in [-0.4, -0.2) is 11.6 Å². The van der Waals surface area contributed by atoms with Crippen LogP contribution in [0.2, 0.25) is 0 Å². The van der Waals surface area contributed by atoms with E-state index in [0.29, 0.717) is 0 Å². The predicted octanol–water partition coefficient (Wildman–Crippen LogP) is 8.12. The summed E-state index contributed by atoms with van der Waals surface area (Å²) in [5.74, 6) is 0.976. The maximum atomic E-state index is 5.85. The number of aromatic nitrogens is 1. The van der Waals surface area contributed by atoms with E-state index in [1.165, 1.54) is 50.3 Å². The van der Waals surface area contributed by atoms with Crippen molar-refractivity contribution in [2.75, 3.05) is 6.61 Å². The van der Waals surface area contributed by atoms with Gasteiger partial charge in [0.1, 0.15) is 5.75 Å². The topological polar surface area (TPSA) is 22.1 Å². The van der Waals surface area contributed by atoms with Gasteiger partial charge < -0.3 is 4.74 Å². The molecule has 0 N–H and O–H groups in total. The number of hydrogen-bond acceptors (Lipinski definition) is 2. The summed E-state index contributed by atoms with van der Waals surface area (Å²) in [6, 6.07) is 8.19. The lowest BCUT2D eigenvalue weighted by atomic mass is 10.1. The van der Waals surface area contributed by atoms with Crippen molar-refractivity contribution in [3.8, 4) is 5.75 Å². The third-order valence-corrected chi connectivity index (χ3v) is 4.18. The minimum Gasteiger partial charge on any atom is -0.493 e. The molecule has 0 bridgehead atoms. The number of aryl methyl sites for hydroxylation is 1. The predicted molar refractivity (Wildman–Crippen MR) is 117 cm³/mol. The van der Waals surface area contributed by atoms with Crippen molar-refractivity contribution in [1.82, 2.24) is 4.98 Å². The maximum absolute atomic E-state index is 5.85. The van der Waals surface area contributed by atoms with E-state index >= 15 is 0 Å². The summed E-state index contributed by atoms with van der Waals surface area (Å²) in [7, 11) is 0. The van der Waals surface area contributed by atoms with E-state index in [0.717, 1.165) is 29.9 Å². The number of rotatable bonds is 9. The number of benzene rings is 1. The van der Waals surface area contributed by atoms with Gasteiger partial charge in [-0.15, -0.1) is 0 Å². The van der Waals surface area contributed by atoms with Gasteiger partial charge in [0.25, 0.3) is 0 Å². The molecule has 1 aromatic heterocycles. The Bertz CT molecular complexity index is 561. The first-order chi connectivity index (χ1) is 12.7. The molecule has 0 unspecified atom stereocenters. The number of nitrogens with zero attached hydrogens (tertiary/aromatic N) is 1. The van der Waals surface area contributed by atoms with Gasteiger partial charge in [-0.1, -0.05) is 91.7 Å². The van der Waals surface area contributed by atoms with Crippen LogP contribution < -0.4 is 4.74 Å². The summed E-state index contributed by atoms with van der Waals surface area (Å²) in [6.07, 6.45) is 12.4. The average molecular weight is 360 g/mol. The molecule has 1 heterocycles. The Balaban J connectivity index is 0.000000589. The molecule has 148 valence electrons. The molecule has 2 aromatic rings. The fourth-order valence-corrected chi connectivity index (χ4v) is 2.66. The normalized spacial score (nSPS) is 9.77. The minimum absolute atomic E-state index is 0.800. The summed E-state index contributed by atoms with van der Waals surface area (Å²) in [5, 5.41) is 2.34. The van der Waals surface area contributed by atoms with Crippen molar-refractivity contribution in [1.29, 1.82) is 0 Å². The van der Waals surface area contributed by atoms with Crippen LogP contribution in [0.4, 0.5) is 0 Å². The van der Waals surface area contributed by atoms with Gasteiger partial charge in [-0.25, -0.2) is 0 Å². The molecule has 2 rings (SSSR count). The molecule has 2 nitrogen and oxygen atoms in total. The molecule has 0 aliphatic carbocycles. The van der Waals surface area contributed by atoms with Gasteiger partial charge in [0.05, 0.1) is 6.61 Å². The second-order valence-electron chi connectivity index (χ2n) is 6.36. The van der Waals surface area contributed by atoms with Crippen LogP contribution in [0.25, 0.3) is 10.8 Å². The zero-order valence-electron chi connectivity index (χ0n) is 18.1. The van der Waals surface area contributed by atoms with Gasteiger partial charge in [0.2, 0.25) is 0 Å². The molecular formula is C24H41NO. The van der Waals surface area contributed by atoms with Crippen molar-refractivity contribution in [2.24, 2.45) is 0 Å². The molecule has 0 atom stereocenters. The highest BCUT2D eigenvalue weighted by Crippen LogP contribution is 2.26. The highest BCUT2D eigenvalue weighted by molar-refractivity contribution is 5.89. The van der Waals surface area contributed by atoms with Crippen LogP contribution >= 0.6 is 0 Å². The Morgan fingerprint density at radius 2 is 1.38 bits per heavy atom. The van der Waals surface area contributed by atoms with Crippen LogP contribution in [-0.2, 0) is 0 Å². The Hall–Kier alpha value is -1.57. The van der Waals surface area contributed by atoms with Gasteiger partial charge >= 0.3 is 0 Å². The fourth-order valence-electron chi connectivity index (χ4n) is 2.66. The molecule has 0 fully saturated rings. The molecule has 0 radical (unpaired) electrons. The molecule has 0 spiro atoms. The number of hydrogen-bond donors (Lipinski definition) is 0. The standard InChI is InChI=1S/C15H19NO.C7H16.C2H6/c1-3-4-5-11-17-15-8-6-7-13-12(2)16-10-9-14(13)15;1-3-5-7-6-4-2;1-2/h6-10H,3-5,11H2,1-2H3;3-7H2,1-2H3;1-2H3. The lowest BCUT2D eigenvalue weighted by Gasteiger charge is -2.09. The van der Waals surface area contributed by atoms with Crippen LogP contribution in [0.5, 0.6) is 5.75 Å². The SMILES string of the molecule is CC.CCCCCCC.CCCCCOc1cccc2c(C)nccc12. The van der Waals surface area contributed by atoms with Gasteiger partial charge in [0.15, 0.2) is 0 Å². The van der Waals surface area contributed by atoms with Crippen molar-refractivity contribution < 1.29 is 4.74 Å². The average Bonchev–Trinajstić information content (AvgIpc) is 2.68. The van der Waals surface area contributed by atoms with E-state index in [9.17, 15) is 0 Å². The summed E-state index contributed by atoms with van der Waals surface area (Å²) < 4.78 is 5.85. The van der Waals surface area contributed by atoms with E-state index in [-0.39, 0.29) is 0 Å². The largest absolute Gasteiger partial charge is 0.493 e. The first kappa shape index (κ1) is 24.4. The second kappa shape index (κ2) is 16.9. The monoisotopic (exact) mass is 359 g/mol. The molecule has 26 heavy (non-hydrogen) atoms. The van der Waals surface area contributed by atoms with E-state index < -0.39 is 0 Å². The van der Waals surface area contributed by atoms with E-state index in [1.807, 2.05) is 45.2 Å².